The van der Waals surface area contributed by atoms with Crippen molar-refractivity contribution in [3.63, 3.8) is 0 Å². The summed E-state index contributed by atoms with van der Waals surface area (Å²) in [6.07, 6.45) is 0. The van der Waals surface area contributed by atoms with E-state index in [1.165, 1.54) is 55.3 Å². The Morgan fingerprint density at radius 3 is 1.50 bits per heavy atom. The maximum atomic E-state index is 6.33. The topological polar surface area (TPSA) is 16.4 Å². The van der Waals surface area contributed by atoms with Gasteiger partial charge in [0.05, 0.1) is 11.4 Å². The average Bonchev–Trinajstić information content (AvgIpc) is 3.69. The quantitative estimate of drug-likeness (QED) is 0.159. The molecule has 1 aromatic heterocycles. The van der Waals surface area contributed by atoms with Crippen molar-refractivity contribution in [3.05, 3.63) is 211 Å². The van der Waals surface area contributed by atoms with E-state index in [2.05, 4.69) is 249 Å². The van der Waals surface area contributed by atoms with Gasteiger partial charge in [-0.15, -0.1) is 0 Å². The highest BCUT2D eigenvalue weighted by molar-refractivity contribution is 6.09. The monoisotopic (exact) mass is 857 g/mol. The molecule has 9 aromatic carbocycles. The largest absolute Gasteiger partial charge is 0.456 e. The predicted molar refractivity (Wildman–Crippen MR) is 284 cm³/mol. The molecule has 2 nitrogen and oxygen atoms in total. The Labute approximate surface area is 391 Å². The van der Waals surface area contributed by atoms with Crippen LogP contribution in [0.4, 0.5) is 17.1 Å². The number of hydrogen-bond donors (Lipinski definition) is 0. The second kappa shape index (κ2) is 16.4. The van der Waals surface area contributed by atoms with Crippen molar-refractivity contribution >= 4 is 49.8 Å². The van der Waals surface area contributed by atoms with Crippen LogP contribution in [0.2, 0.25) is 0 Å². The lowest BCUT2D eigenvalue weighted by Crippen LogP contribution is -2.16. The summed E-state index contributed by atoms with van der Waals surface area (Å²) in [6, 6.07) is 71.7. The Hall–Kier alpha value is -7.16. The highest BCUT2D eigenvalue weighted by Gasteiger charge is 2.25. The van der Waals surface area contributed by atoms with Crippen LogP contribution in [-0.2, 0) is 16.2 Å². The maximum absolute atomic E-state index is 6.33. The molecule has 0 N–H and O–H groups in total. The van der Waals surface area contributed by atoms with E-state index in [1.54, 1.807) is 0 Å². The molecule has 2 heteroatoms. The minimum absolute atomic E-state index is 0.00724. The fourth-order valence-electron chi connectivity index (χ4n) is 9.53. The van der Waals surface area contributed by atoms with E-state index in [4.69, 9.17) is 4.42 Å². The Balaban J connectivity index is 1.17. The summed E-state index contributed by atoms with van der Waals surface area (Å²) < 4.78 is 6.33. The highest BCUT2D eigenvalue weighted by Crippen LogP contribution is 2.48. The summed E-state index contributed by atoms with van der Waals surface area (Å²) in [5.41, 5.74) is 18.6. The number of para-hydroxylation sites is 3. The van der Waals surface area contributed by atoms with Crippen LogP contribution in [0.1, 0.15) is 79.0 Å². The second-order valence-corrected chi connectivity index (χ2v) is 21.1. The summed E-state index contributed by atoms with van der Waals surface area (Å²) in [5.74, 6) is 0. The lowest BCUT2D eigenvalue weighted by atomic mass is 9.78. The first kappa shape index (κ1) is 42.8. The van der Waals surface area contributed by atoms with E-state index in [1.807, 2.05) is 12.1 Å². The van der Waals surface area contributed by atoms with Crippen LogP contribution in [0.15, 0.2) is 199 Å². The van der Waals surface area contributed by atoms with E-state index in [0.29, 0.717) is 0 Å². The van der Waals surface area contributed by atoms with E-state index in [9.17, 15) is 0 Å². The lowest BCUT2D eigenvalue weighted by Gasteiger charge is -2.30. The van der Waals surface area contributed by atoms with E-state index in [-0.39, 0.29) is 16.2 Å². The van der Waals surface area contributed by atoms with Gasteiger partial charge in [-0.05, 0) is 120 Å². The molecule has 0 saturated carbocycles. The summed E-state index contributed by atoms with van der Waals surface area (Å²) in [7, 11) is 0. The predicted octanol–water partition coefficient (Wildman–Crippen LogP) is 18.8. The molecule has 0 atom stereocenters. The van der Waals surface area contributed by atoms with Gasteiger partial charge in [-0.2, -0.15) is 0 Å². The molecule has 10 rings (SSSR count). The van der Waals surface area contributed by atoms with Gasteiger partial charge < -0.3 is 9.32 Å². The Bertz CT molecular complexity index is 3360. The van der Waals surface area contributed by atoms with Crippen molar-refractivity contribution in [1.29, 1.82) is 0 Å². The first-order valence-corrected chi connectivity index (χ1v) is 23.4. The third kappa shape index (κ3) is 8.00. The Kier molecular flexibility index (Phi) is 10.6. The van der Waals surface area contributed by atoms with Crippen LogP contribution < -0.4 is 4.90 Å². The molecule has 0 amide bonds. The highest BCUT2D eigenvalue weighted by atomic mass is 16.3. The summed E-state index contributed by atoms with van der Waals surface area (Å²) in [6.45, 7) is 20.7. The Morgan fingerprint density at radius 2 is 0.848 bits per heavy atom. The minimum atomic E-state index is -0.00724. The zero-order valence-corrected chi connectivity index (χ0v) is 39.8. The van der Waals surface area contributed by atoms with Crippen molar-refractivity contribution in [3.8, 4) is 44.5 Å². The number of anilines is 3. The first-order chi connectivity index (χ1) is 31.6. The van der Waals surface area contributed by atoms with Gasteiger partial charge in [0.25, 0.3) is 0 Å². The molecule has 0 unspecified atom stereocenters. The molecular formula is C64H59NO. The SMILES string of the molecule is CC(C)(C)c1ccc(-c2ccccc2N(c2ccc(-c3ccc4c(c3)oc3ccccc34)cc2)c2ccccc2-c2cccc3cccc(-c4cc(C(C)(C)C)cc(C(C)(C)C)c4)c23)cc1. The third-order valence-electron chi connectivity index (χ3n) is 13.4. The van der Waals surface area contributed by atoms with Gasteiger partial charge in [-0.25, -0.2) is 0 Å². The molecule has 0 aliphatic rings. The first-order valence-electron chi connectivity index (χ1n) is 23.4. The molecule has 10 aromatic rings. The molecule has 1 heterocycles. The van der Waals surface area contributed by atoms with Crippen LogP contribution in [0, 0.1) is 0 Å². The van der Waals surface area contributed by atoms with Gasteiger partial charge in [0.1, 0.15) is 11.2 Å². The van der Waals surface area contributed by atoms with Crippen molar-refractivity contribution in [2.75, 3.05) is 4.90 Å². The normalized spacial score (nSPS) is 12.3. The third-order valence-corrected chi connectivity index (χ3v) is 13.4. The van der Waals surface area contributed by atoms with Gasteiger partial charge in [-0.1, -0.05) is 214 Å². The molecule has 0 saturated heterocycles. The smallest absolute Gasteiger partial charge is 0.136 e. The fraction of sp³-hybridized carbons (Fsp3) is 0.188. The van der Waals surface area contributed by atoms with Crippen LogP contribution in [0.3, 0.4) is 0 Å². The lowest BCUT2D eigenvalue weighted by molar-refractivity contribution is 0.569. The molecule has 0 spiro atoms. The van der Waals surface area contributed by atoms with Crippen molar-refractivity contribution in [1.82, 2.24) is 0 Å². The van der Waals surface area contributed by atoms with Crippen molar-refractivity contribution in [2.24, 2.45) is 0 Å². The van der Waals surface area contributed by atoms with E-state index < -0.39 is 0 Å². The number of furan rings is 1. The molecule has 0 radical (unpaired) electrons. The van der Waals surface area contributed by atoms with Crippen LogP contribution in [0.25, 0.3) is 77.2 Å². The van der Waals surface area contributed by atoms with Gasteiger partial charge >= 0.3 is 0 Å². The van der Waals surface area contributed by atoms with Crippen molar-refractivity contribution in [2.45, 2.75) is 78.6 Å². The fourth-order valence-corrected chi connectivity index (χ4v) is 9.53. The van der Waals surface area contributed by atoms with Gasteiger partial charge in [-0.3, -0.25) is 0 Å². The van der Waals surface area contributed by atoms with Gasteiger partial charge in [0, 0.05) is 27.6 Å². The number of nitrogens with zero attached hydrogens (tertiary/aromatic N) is 1. The molecule has 326 valence electrons. The molecule has 66 heavy (non-hydrogen) atoms. The Morgan fingerprint density at radius 1 is 0.333 bits per heavy atom. The molecule has 0 aliphatic heterocycles. The van der Waals surface area contributed by atoms with E-state index in [0.717, 1.165) is 55.7 Å². The molecule has 0 aliphatic carbocycles. The maximum Gasteiger partial charge on any atom is 0.136 e. The standard InChI is InChI=1S/C64H59NO/c1-62(2,3)47-33-28-43(29-34-47)51-20-10-13-25-57(51)65(50-35-30-42(31-36-50)45-32-37-55-54-22-12-15-27-59(54)66-60(55)40-45)58-26-14-11-21-53(58)56-24-17-19-44-18-16-23-52(61(44)56)46-38-48(63(4,5)6)41-49(39-46)64(7,8)9/h10-41H,1-9H3. The zero-order chi connectivity index (χ0) is 46.0. The number of fused-ring (bicyclic) bond motifs is 4. The molecule has 0 bridgehead atoms. The average molecular weight is 858 g/mol. The second-order valence-electron chi connectivity index (χ2n) is 21.1. The van der Waals surface area contributed by atoms with Gasteiger partial charge in [0.15, 0.2) is 0 Å². The van der Waals surface area contributed by atoms with Crippen LogP contribution >= 0.6 is 0 Å². The summed E-state index contributed by atoms with van der Waals surface area (Å²) >= 11 is 0. The number of hydrogen-bond acceptors (Lipinski definition) is 2. The zero-order valence-electron chi connectivity index (χ0n) is 39.8. The summed E-state index contributed by atoms with van der Waals surface area (Å²) in [4.78, 5) is 2.47. The summed E-state index contributed by atoms with van der Waals surface area (Å²) in [5, 5.41) is 4.74. The van der Waals surface area contributed by atoms with Crippen LogP contribution in [0.5, 0.6) is 0 Å². The van der Waals surface area contributed by atoms with E-state index >= 15 is 0 Å². The van der Waals surface area contributed by atoms with Crippen molar-refractivity contribution < 1.29 is 4.42 Å². The number of benzene rings is 9. The van der Waals surface area contributed by atoms with Gasteiger partial charge in [0.2, 0.25) is 0 Å². The number of rotatable bonds is 7. The molecule has 0 fully saturated rings. The molecular weight excluding hydrogens is 799 g/mol. The minimum Gasteiger partial charge on any atom is -0.456 e. The van der Waals surface area contributed by atoms with Crippen LogP contribution in [-0.4, -0.2) is 0 Å².